The van der Waals surface area contributed by atoms with Crippen molar-refractivity contribution in [3.63, 3.8) is 0 Å². The van der Waals surface area contributed by atoms with Crippen LogP contribution in [0.25, 0.3) is 0 Å². The topological polar surface area (TPSA) is 107 Å². The van der Waals surface area contributed by atoms with E-state index in [4.69, 9.17) is 10.5 Å². The third-order valence-electron chi connectivity index (χ3n) is 3.23. The van der Waals surface area contributed by atoms with E-state index >= 15 is 0 Å². The molecule has 0 saturated heterocycles. The Labute approximate surface area is 130 Å². The lowest BCUT2D eigenvalue weighted by molar-refractivity contribution is -0.385. The van der Waals surface area contributed by atoms with Crippen LogP contribution in [0.1, 0.15) is 33.3 Å². The number of nitrogens with zero attached hydrogens (tertiary/aromatic N) is 1. The average molecular weight is 309 g/mol. The molecule has 3 N–H and O–H groups in total. The van der Waals surface area contributed by atoms with Crippen LogP contribution in [0.3, 0.4) is 0 Å². The molecule has 1 unspecified atom stereocenters. The van der Waals surface area contributed by atoms with Crippen molar-refractivity contribution in [3.05, 3.63) is 39.9 Å². The Morgan fingerprint density at radius 2 is 2.00 bits per heavy atom. The van der Waals surface area contributed by atoms with E-state index in [1.54, 1.807) is 32.9 Å². The Hall–Kier alpha value is -2.15. The van der Waals surface area contributed by atoms with Crippen molar-refractivity contribution in [1.82, 2.24) is 5.32 Å². The number of carbonyl (C=O) groups excluding carboxylic acids is 1. The van der Waals surface area contributed by atoms with Gasteiger partial charge in [0.1, 0.15) is 5.60 Å². The molecule has 0 aliphatic heterocycles. The molecule has 1 aromatic rings. The van der Waals surface area contributed by atoms with Crippen molar-refractivity contribution < 1.29 is 14.5 Å². The number of hydrogen-bond donors (Lipinski definition) is 2. The minimum atomic E-state index is -0.622. The van der Waals surface area contributed by atoms with Crippen molar-refractivity contribution in [2.75, 3.05) is 13.1 Å². The van der Waals surface area contributed by atoms with Gasteiger partial charge in [-0.25, -0.2) is 4.79 Å². The van der Waals surface area contributed by atoms with E-state index in [1.165, 1.54) is 12.1 Å². The van der Waals surface area contributed by atoms with Crippen molar-refractivity contribution in [3.8, 4) is 0 Å². The fourth-order valence-corrected chi connectivity index (χ4v) is 1.87. The predicted molar refractivity (Wildman–Crippen MR) is 83.7 cm³/mol. The fourth-order valence-electron chi connectivity index (χ4n) is 1.87. The summed E-state index contributed by atoms with van der Waals surface area (Å²) in [6.07, 6.45) is -0.544. The Bertz CT molecular complexity index is 554. The number of nitro groups is 1. The Morgan fingerprint density at radius 1 is 1.36 bits per heavy atom. The number of amides is 1. The number of hydrogen-bond acceptors (Lipinski definition) is 5. The van der Waals surface area contributed by atoms with Crippen LogP contribution >= 0.6 is 0 Å². The van der Waals surface area contributed by atoms with E-state index in [2.05, 4.69) is 5.32 Å². The number of carbonyl (C=O) groups is 1. The molecule has 0 saturated carbocycles. The number of nitrogens with two attached hydrogens (primary N) is 1. The predicted octanol–water partition coefficient (Wildman–Crippen LogP) is 2.34. The smallest absolute Gasteiger partial charge is 0.407 e. The number of non-ortho nitro benzene ring substituents is 1. The summed E-state index contributed by atoms with van der Waals surface area (Å²) >= 11 is 0. The van der Waals surface area contributed by atoms with Crippen LogP contribution in [-0.2, 0) is 10.2 Å². The molecule has 0 aromatic heterocycles. The summed E-state index contributed by atoms with van der Waals surface area (Å²) in [7, 11) is 0. The second-order valence-corrected chi connectivity index (χ2v) is 6.43. The van der Waals surface area contributed by atoms with Crippen LogP contribution in [0.4, 0.5) is 10.5 Å². The van der Waals surface area contributed by atoms with Gasteiger partial charge in [-0.15, -0.1) is 0 Å². The molecule has 1 aromatic carbocycles. The standard InChI is InChI=1S/C15H23N3O4/c1-14(2,3)22-13(19)17-10-15(4,9-16)11-6-5-7-12(8-11)18(20)21/h5-8H,9-10,16H2,1-4H3,(H,17,19). The highest BCUT2D eigenvalue weighted by Gasteiger charge is 2.28. The summed E-state index contributed by atoms with van der Waals surface area (Å²) in [6, 6.07) is 6.26. The van der Waals surface area contributed by atoms with Gasteiger partial charge in [0.05, 0.1) is 4.92 Å². The van der Waals surface area contributed by atoms with Crippen LogP contribution in [0.5, 0.6) is 0 Å². The van der Waals surface area contributed by atoms with Gasteiger partial charge in [-0.2, -0.15) is 0 Å². The van der Waals surface area contributed by atoms with Gasteiger partial charge in [-0.3, -0.25) is 10.1 Å². The molecular weight excluding hydrogens is 286 g/mol. The first-order chi connectivity index (χ1) is 10.1. The van der Waals surface area contributed by atoms with Crippen molar-refractivity contribution in [2.24, 2.45) is 5.73 Å². The highest BCUT2D eigenvalue weighted by Crippen LogP contribution is 2.25. The first-order valence-electron chi connectivity index (χ1n) is 6.99. The highest BCUT2D eigenvalue weighted by molar-refractivity contribution is 5.67. The normalized spacial score (nSPS) is 14.0. The third-order valence-corrected chi connectivity index (χ3v) is 3.23. The van der Waals surface area contributed by atoms with Crippen LogP contribution in [0.2, 0.25) is 0 Å². The second kappa shape index (κ2) is 6.74. The van der Waals surface area contributed by atoms with Crippen molar-refractivity contribution in [1.29, 1.82) is 0 Å². The van der Waals surface area contributed by atoms with Crippen LogP contribution in [0, 0.1) is 10.1 Å². The molecule has 0 heterocycles. The van der Waals surface area contributed by atoms with Crippen LogP contribution in [-0.4, -0.2) is 29.7 Å². The monoisotopic (exact) mass is 309 g/mol. The molecule has 1 amide bonds. The lowest BCUT2D eigenvalue weighted by Crippen LogP contribution is -2.45. The maximum atomic E-state index is 11.7. The summed E-state index contributed by atoms with van der Waals surface area (Å²) in [5.74, 6) is 0. The number of benzene rings is 1. The molecule has 122 valence electrons. The number of rotatable bonds is 5. The van der Waals surface area contributed by atoms with Gasteiger partial charge in [-0.1, -0.05) is 19.1 Å². The molecule has 1 rings (SSSR count). The zero-order chi connectivity index (χ0) is 17.0. The maximum absolute atomic E-state index is 11.7. The van der Waals surface area contributed by atoms with Gasteiger partial charge in [0.25, 0.3) is 5.69 Å². The molecule has 0 fully saturated rings. The SMILES string of the molecule is CC(C)(C)OC(=O)NCC(C)(CN)c1cccc([N+](=O)[O-])c1. The molecule has 1 atom stereocenters. The van der Waals surface area contributed by atoms with E-state index in [0.29, 0.717) is 5.56 Å². The maximum Gasteiger partial charge on any atom is 0.407 e. The van der Waals surface area contributed by atoms with E-state index in [0.717, 1.165) is 0 Å². The Kier molecular flexibility index (Phi) is 5.48. The summed E-state index contributed by atoms with van der Waals surface area (Å²) in [6.45, 7) is 7.60. The molecule has 22 heavy (non-hydrogen) atoms. The van der Waals surface area contributed by atoms with Crippen molar-refractivity contribution >= 4 is 11.8 Å². The summed E-state index contributed by atoms with van der Waals surface area (Å²) in [4.78, 5) is 22.2. The van der Waals surface area contributed by atoms with Gasteiger partial charge in [0.2, 0.25) is 0 Å². The zero-order valence-electron chi connectivity index (χ0n) is 13.4. The minimum absolute atomic E-state index is 0.00515. The van der Waals surface area contributed by atoms with Gasteiger partial charge in [-0.05, 0) is 26.3 Å². The zero-order valence-corrected chi connectivity index (χ0v) is 13.4. The molecule has 0 radical (unpaired) electrons. The van der Waals surface area contributed by atoms with Gasteiger partial charge in [0.15, 0.2) is 0 Å². The second-order valence-electron chi connectivity index (χ2n) is 6.43. The lowest BCUT2D eigenvalue weighted by Gasteiger charge is -2.29. The fraction of sp³-hybridized carbons (Fsp3) is 0.533. The minimum Gasteiger partial charge on any atom is -0.444 e. The van der Waals surface area contributed by atoms with Crippen molar-refractivity contribution in [2.45, 2.75) is 38.7 Å². The number of nitrogens with one attached hydrogen (secondary N) is 1. The van der Waals surface area contributed by atoms with Crippen LogP contribution < -0.4 is 11.1 Å². The van der Waals surface area contributed by atoms with Gasteiger partial charge in [0, 0.05) is 30.6 Å². The van der Waals surface area contributed by atoms with E-state index < -0.39 is 22.0 Å². The highest BCUT2D eigenvalue weighted by atomic mass is 16.6. The largest absolute Gasteiger partial charge is 0.444 e. The number of ether oxygens (including phenoxy) is 1. The average Bonchev–Trinajstić information content (AvgIpc) is 2.43. The van der Waals surface area contributed by atoms with E-state index in [1.807, 2.05) is 6.92 Å². The molecular formula is C15H23N3O4. The molecule has 0 bridgehead atoms. The first kappa shape index (κ1) is 17.9. The summed E-state index contributed by atoms with van der Waals surface area (Å²) in [5.41, 5.74) is 5.30. The lowest BCUT2D eigenvalue weighted by atomic mass is 9.82. The van der Waals surface area contributed by atoms with E-state index in [9.17, 15) is 14.9 Å². The Morgan fingerprint density at radius 3 is 2.50 bits per heavy atom. The first-order valence-corrected chi connectivity index (χ1v) is 6.99. The molecule has 0 aliphatic carbocycles. The third kappa shape index (κ3) is 5.00. The number of nitro benzene ring substituents is 1. The molecule has 0 aliphatic rings. The Balaban J connectivity index is 2.86. The van der Waals surface area contributed by atoms with Crippen LogP contribution in [0.15, 0.2) is 24.3 Å². The number of alkyl carbamates (subject to hydrolysis) is 1. The quantitative estimate of drug-likeness (QED) is 0.641. The molecule has 7 heteroatoms. The molecule has 7 nitrogen and oxygen atoms in total. The summed E-state index contributed by atoms with van der Waals surface area (Å²) in [5, 5.41) is 13.5. The van der Waals surface area contributed by atoms with E-state index in [-0.39, 0.29) is 18.8 Å². The summed E-state index contributed by atoms with van der Waals surface area (Å²) < 4.78 is 5.18. The van der Waals surface area contributed by atoms with Gasteiger partial charge >= 0.3 is 6.09 Å². The molecule has 0 spiro atoms. The van der Waals surface area contributed by atoms with Gasteiger partial charge < -0.3 is 15.8 Å².